The van der Waals surface area contributed by atoms with Gasteiger partial charge in [0.05, 0.1) is 4.92 Å². The Balaban J connectivity index is 2.12. The Morgan fingerprint density at radius 3 is 2.81 bits per heavy atom. The quantitative estimate of drug-likeness (QED) is 0.583. The van der Waals surface area contributed by atoms with Crippen molar-refractivity contribution in [3.05, 3.63) is 16.3 Å². The van der Waals surface area contributed by atoms with Crippen LogP contribution in [0.2, 0.25) is 0 Å². The molecule has 16 heavy (non-hydrogen) atoms. The van der Waals surface area contributed by atoms with Gasteiger partial charge in [-0.15, -0.1) is 0 Å². The van der Waals surface area contributed by atoms with Gasteiger partial charge in [0.2, 0.25) is 0 Å². The van der Waals surface area contributed by atoms with Gasteiger partial charge in [0.25, 0.3) is 5.88 Å². The van der Waals surface area contributed by atoms with E-state index >= 15 is 0 Å². The maximum atomic E-state index is 10.7. The first-order valence-corrected chi connectivity index (χ1v) is 5.51. The minimum atomic E-state index is -0.453. The second kappa shape index (κ2) is 4.51. The van der Waals surface area contributed by atoms with E-state index in [-0.39, 0.29) is 17.7 Å². The SMILES string of the molecule is Cn1ncc([N+](=O)[O-])c1OC1CCCCC1. The maximum absolute atomic E-state index is 10.7. The van der Waals surface area contributed by atoms with Gasteiger partial charge in [-0.25, -0.2) is 4.68 Å². The first-order valence-electron chi connectivity index (χ1n) is 5.51. The van der Waals surface area contributed by atoms with Crippen molar-refractivity contribution in [3.8, 4) is 5.88 Å². The Hall–Kier alpha value is -1.59. The molecule has 1 aromatic heterocycles. The molecule has 6 heteroatoms. The zero-order valence-electron chi connectivity index (χ0n) is 9.26. The third kappa shape index (κ3) is 2.15. The zero-order chi connectivity index (χ0) is 11.5. The van der Waals surface area contributed by atoms with Crippen molar-refractivity contribution in [1.29, 1.82) is 0 Å². The number of aryl methyl sites for hydroxylation is 1. The average Bonchev–Trinajstić information content (AvgIpc) is 2.62. The Labute approximate surface area is 93.4 Å². The number of hydrogen-bond acceptors (Lipinski definition) is 4. The normalized spacial score (nSPS) is 17.3. The van der Waals surface area contributed by atoms with Crippen LogP contribution in [0.1, 0.15) is 32.1 Å². The van der Waals surface area contributed by atoms with E-state index in [0.29, 0.717) is 0 Å². The summed E-state index contributed by atoms with van der Waals surface area (Å²) in [5, 5.41) is 14.6. The summed E-state index contributed by atoms with van der Waals surface area (Å²) in [4.78, 5) is 10.3. The number of hydrogen-bond donors (Lipinski definition) is 0. The second-order valence-corrected chi connectivity index (χ2v) is 4.09. The second-order valence-electron chi connectivity index (χ2n) is 4.09. The largest absolute Gasteiger partial charge is 0.470 e. The molecule has 1 fully saturated rings. The van der Waals surface area contributed by atoms with Gasteiger partial charge in [0.1, 0.15) is 12.3 Å². The van der Waals surface area contributed by atoms with Crippen LogP contribution in [0.25, 0.3) is 0 Å². The Bertz CT molecular complexity index is 383. The van der Waals surface area contributed by atoms with Crippen molar-refractivity contribution in [2.45, 2.75) is 38.2 Å². The van der Waals surface area contributed by atoms with Gasteiger partial charge in [0.15, 0.2) is 0 Å². The van der Waals surface area contributed by atoms with Gasteiger partial charge in [-0.1, -0.05) is 6.42 Å². The van der Waals surface area contributed by atoms with Crippen LogP contribution >= 0.6 is 0 Å². The highest BCUT2D eigenvalue weighted by Gasteiger charge is 2.24. The predicted octanol–water partition coefficient (Wildman–Crippen LogP) is 2.04. The van der Waals surface area contributed by atoms with Gasteiger partial charge < -0.3 is 4.74 Å². The first kappa shape index (κ1) is 10.9. The molecule has 6 nitrogen and oxygen atoms in total. The molecule has 1 aliphatic rings. The molecule has 1 aliphatic carbocycles. The molecule has 0 N–H and O–H groups in total. The van der Waals surface area contributed by atoms with E-state index in [0.717, 1.165) is 25.7 Å². The van der Waals surface area contributed by atoms with Crippen molar-refractivity contribution in [2.75, 3.05) is 0 Å². The minimum absolute atomic E-state index is 0.0481. The number of ether oxygens (including phenoxy) is 1. The fourth-order valence-electron chi connectivity index (χ4n) is 2.02. The van der Waals surface area contributed by atoms with E-state index in [1.807, 2.05) is 0 Å². The highest BCUT2D eigenvalue weighted by molar-refractivity contribution is 5.39. The highest BCUT2D eigenvalue weighted by atomic mass is 16.6. The van der Waals surface area contributed by atoms with Crippen LogP contribution < -0.4 is 4.74 Å². The van der Waals surface area contributed by atoms with Crippen molar-refractivity contribution >= 4 is 5.69 Å². The smallest absolute Gasteiger partial charge is 0.350 e. The van der Waals surface area contributed by atoms with E-state index in [4.69, 9.17) is 4.74 Å². The van der Waals surface area contributed by atoms with Crippen LogP contribution in [0.4, 0.5) is 5.69 Å². The van der Waals surface area contributed by atoms with Gasteiger partial charge in [-0.3, -0.25) is 10.1 Å². The molecule has 0 aromatic carbocycles. The monoisotopic (exact) mass is 225 g/mol. The highest BCUT2D eigenvalue weighted by Crippen LogP contribution is 2.29. The predicted molar refractivity (Wildman–Crippen MR) is 57.4 cm³/mol. The number of aromatic nitrogens is 2. The summed E-state index contributed by atoms with van der Waals surface area (Å²) in [6.45, 7) is 0. The summed E-state index contributed by atoms with van der Waals surface area (Å²) in [5.74, 6) is 0.275. The molecule has 88 valence electrons. The molecular weight excluding hydrogens is 210 g/mol. The molecule has 0 aliphatic heterocycles. The Morgan fingerprint density at radius 1 is 1.50 bits per heavy atom. The summed E-state index contributed by atoms with van der Waals surface area (Å²) in [7, 11) is 1.66. The zero-order valence-corrected chi connectivity index (χ0v) is 9.26. The minimum Gasteiger partial charge on any atom is -0.470 e. The molecule has 0 unspecified atom stereocenters. The molecule has 0 amide bonds. The summed E-state index contributed by atoms with van der Waals surface area (Å²) in [5.41, 5.74) is -0.0481. The molecule has 1 saturated carbocycles. The first-order chi connectivity index (χ1) is 7.68. The third-order valence-corrected chi connectivity index (χ3v) is 2.89. The summed E-state index contributed by atoms with van der Waals surface area (Å²) < 4.78 is 7.10. The van der Waals surface area contributed by atoms with Gasteiger partial charge >= 0.3 is 5.69 Å². The summed E-state index contributed by atoms with van der Waals surface area (Å²) >= 11 is 0. The van der Waals surface area contributed by atoms with Crippen molar-refractivity contribution < 1.29 is 9.66 Å². The molecular formula is C10H15N3O3. The molecule has 0 spiro atoms. The van der Waals surface area contributed by atoms with Crippen LogP contribution in [0.3, 0.4) is 0 Å². The van der Waals surface area contributed by atoms with Crippen LogP contribution in [0.5, 0.6) is 5.88 Å². The van der Waals surface area contributed by atoms with Gasteiger partial charge in [-0.2, -0.15) is 5.10 Å². The van der Waals surface area contributed by atoms with E-state index in [2.05, 4.69) is 5.10 Å². The number of rotatable bonds is 3. The van der Waals surface area contributed by atoms with Gasteiger partial charge in [0, 0.05) is 7.05 Å². The standard InChI is InChI=1S/C10H15N3O3/c1-12-10(9(7-11-12)13(14)15)16-8-5-3-2-4-6-8/h7-8H,2-6H2,1H3. The lowest BCUT2D eigenvalue weighted by Gasteiger charge is -2.22. The number of nitro groups is 1. The van der Waals surface area contributed by atoms with E-state index < -0.39 is 4.92 Å². The molecule has 1 heterocycles. The van der Waals surface area contributed by atoms with Crippen molar-refractivity contribution in [2.24, 2.45) is 7.05 Å². The van der Waals surface area contributed by atoms with Crippen LogP contribution in [0, 0.1) is 10.1 Å². The summed E-state index contributed by atoms with van der Waals surface area (Å²) in [6.07, 6.45) is 6.78. The fraction of sp³-hybridized carbons (Fsp3) is 0.700. The third-order valence-electron chi connectivity index (χ3n) is 2.89. The molecule has 2 rings (SSSR count). The Morgan fingerprint density at radius 2 is 2.19 bits per heavy atom. The van der Waals surface area contributed by atoms with E-state index in [9.17, 15) is 10.1 Å². The maximum Gasteiger partial charge on any atom is 0.350 e. The van der Waals surface area contributed by atoms with E-state index in [1.54, 1.807) is 7.05 Å². The topological polar surface area (TPSA) is 70.2 Å². The van der Waals surface area contributed by atoms with Crippen molar-refractivity contribution in [1.82, 2.24) is 9.78 Å². The lowest BCUT2D eigenvalue weighted by Crippen LogP contribution is -2.21. The molecule has 0 saturated heterocycles. The molecule has 0 atom stereocenters. The lowest BCUT2D eigenvalue weighted by atomic mass is 9.98. The van der Waals surface area contributed by atoms with E-state index in [1.165, 1.54) is 17.3 Å². The fourth-order valence-corrected chi connectivity index (χ4v) is 2.02. The summed E-state index contributed by atoms with van der Waals surface area (Å²) in [6, 6.07) is 0. The number of nitrogens with zero attached hydrogens (tertiary/aromatic N) is 3. The average molecular weight is 225 g/mol. The molecule has 0 radical (unpaired) electrons. The molecule has 1 aromatic rings. The van der Waals surface area contributed by atoms with Crippen LogP contribution in [-0.2, 0) is 7.05 Å². The van der Waals surface area contributed by atoms with Crippen LogP contribution in [0.15, 0.2) is 6.20 Å². The van der Waals surface area contributed by atoms with Crippen LogP contribution in [-0.4, -0.2) is 20.8 Å². The van der Waals surface area contributed by atoms with Gasteiger partial charge in [-0.05, 0) is 25.7 Å². The molecule has 0 bridgehead atoms. The Kier molecular flexibility index (Phi) is 3.07. The lowest BCUT2D eigenvalue weighted by molar-refractivity contribution is -0.386. The van der Waals surface area contributed by atoms with Crippen molar-refractivity contribution in [3.63, 3.8) is 0 Å².